The minimum absolute atomic E-state index is 0.858. The summed E-state index contributed by atoms with van der Waals surface area (Å²) < 4.78 is 0. The third-order valence-electron chi connectivity index (χ3n) is 9.32. The highest BCUT2D eigenvalue weighted by Gasteiger charge is 2.62. The predicted octanol–water partition coefficient (Wildman–Crippen LogP) is 8.95. The van der Waals surface area contributed by atoms with Crippen LogP contribution >= 0.6 is 0 Å². The highest BCUT2D eigenvalue weighted by Crippen LogP contribution is 2.63. The highest BCUT2D eigenvalue weighted by atomic mass is 17.2. The Hall–Kier alpha value is -3.72. The van der Waals surface area contributed by atoms with Gasteiger partial charge in [-0.15, -0.1) is 0 Å². The van der Waals surface area contributed by atoms with Crippen LogP contribution in [0.3, 0.4) is 0 Å². The molecule has 2 bridgehead atoms. The van der Waals surface area contributed by atoms with E-state index in [0.717, 1.165) is 25.7 Å². The number of fused-ring (bicyclic) bond motifs is 2. The average molecular weight is 525 g/mol. The summed E-state index contributed by atoms with van der Waals surface area (Å²) in [6.45, 7) is 8.96. The quantitative estimate of drug-likeness (QED) is 0.206. The molecule has 2 aliphatic heterocycles. The van der Waals surface area contributed by atoms with Crippen molar-refractivity contribution in [2.75, 3.05) is 0 Å². The molecule has 200 valence electrons. The van der Waals surface area contributed by atoms with E-state index in [2.05, 4.69) is 125 Å². The minimum Gasteiger partial charge on any atom is -0.214 e. The van der Waals surface area contributed by atoms with Gasteiger partial charge >= 0.3 is 0 Å². The summed E-state index contributed by atoms with van der Waals surface area (Å²) in [5.74, 6) is 0. The number of aryl methyl sites for hydroxylation is 4. The van der Waals surface area contributed by atoms with E-state index in [1.807, 2.05) is 0 Å². The van der Waals surface area contributed by atoms with Crippen molar-refractivity contribution in [2.24, 2.45) is 0 Å². The molecule has 5 aromatic rings. The highest BCUT2D eigenvalue weighted by molar-refractivity contribution is 5.87. The molecule has 0 N–H and O–H groups in total. The summed E-state index contributed by atoms with van der Waals surface area (Å²) in [6, 6.07) is 35.7. The molecule has 2 unspecified atom stereocenters. The normalized spacial score (nSPS) is 20.9. The smallest absolute Gasteiger partial charge is 0.180 e. The van der Waals surface area contributed by atoms with Gasteiger partial charge in [-0.1, -0.05) is 113 Å². The van der Waals surface area contributed by atoms with Crippen LogP contribution in [0.5, 0.6) is 0 Å². The van der Waals surface area contributed by atoms with Gasteiger partial charge in [-0.3, -0.25) is 0 Å². The molecule has 0 saturated carbocycles. The molecule has 0 aromatic heterocycles. The standard InChI is InChI=1S/C38H36O2/c1-5-25-17-13-18-26(6-2)35(25)37-31-21-11-12-22-32(31)38(40-39-37,36-27(7-3)19-14-20-28(36)8-4)34-24-30-16-10-9-15-29(30)23-33(34)37/h9-24H,5-8H2,1-4H3. The largest absolute Gasteiger partial charge is 0.214 e. The van der Waals surface area contributed by atoms with Crippen molar-refractivity contribution >= 4 is 10.8 Å². The van der Waals surface area contributed by atoms with Crippen LogP contribution in [0.1, 0.15) is 83.3 Å². The number of hydrogen-bond donors (Lipinski definition) is 0. The number of rotatable bonds is 6. The molecule has 0 amide bonds. The molecule has 5 aromatic carbocycles. The van der Waals surface area contributed by atoms with E-state index in [1.165, 1.54) is 66.4 Å². The Bertz CT molecular complexity index is 1590. The van der Waals surface area contributed by atoms with Crippen LogP contribution in [-0.4, -0.2) is 0 Å². The van der Waals surface area contributed by atoms with Gasteiger partial charge in [0.25, 0.3) is 0 Å². The summed E-state index contributed by atoms with van der Waals surface area (Å²) in [5.41, 5.74) is 10.7. The maximum Gasteiger partial charge on any atom is 0.180 e. The first-order valence-electron chi connectivity index (χ1n) is 14.9. The van der Waals surface area contributed by atoms with Crippen LogP contribution in [0.25, 0.3) is 10.8 Å². The Morgan fingerprint density at radius 3 is 1.12 bits per heavy atom. The van der Waals surface area contributed by atoms with Crippen LogP contribution in [-0.2, 0) is 46.7 Å². The first-order chi connectivity index (χ1) is 19.6. The van der Waals surface area contributed by atoms with Crippen molar-refractivity contribution in [3.8, 4) is 0 Å². The maximum atomic E-state index is 6.99. The molecule has 2 nitrogen and oxygen atoms in total. The molecule has 2 heterocycles. The first kappa shape index (κ1) is 25.3. The zero-order valence-electron chi connectivity index (χ0n) is 23.9. The van der Waals surface area contributed by atoms with E-state index in [4.69, 9.17) is 9.78 Å². The van der Waals surface area contributed by atoms with Gasteiger partial charge in [0.1, 0.15) is 0 Å². The van der Waals surface area contributed by atoms with Crippen LogP contribution < -0.4 is 0 Å². The molecule has 0 fully saturated rings. The first-order valence-corrected chi connectivity index (χ1v) is 14.9. The fourth-order valence-corrected chi connectivity index (χ4v) is 7.53. The van der Waals surface area contributed by atoms with Gasteiger partial charge in [-0.2, -0.15) is 0 Å². The molecule has 8 rings (SSSR count). The molecular weight excluding hydrogens is 488 g/mol. The number of hydrogen-bond acceptors (Lipinski definition) is 2. The number of benzene rings is 5. The summed E-state index contributed by atoms with van der Waals surface area (Å²) in [4.78, 5) is 14.0. The summed E-state index contributed by atoms with van der Waals surface area (Å²) >= 11 is 0. The van der Waals surface area contributed by atoms with Crippen molar-refractivity contribution in [1.29, 1.82) is 0 Å². The Labute approximate surface area is 237 Å². The Morgan fingerprint density at radius 1 is 0.425 bits per heavy atom. The fraction of sp³-hybridized carbons (Fsp3) is 0.263. The van der Waals surface area contributed by atoms with Gasteiger partial charge < -0.3 is 0 Å². The van der Waals surface area contributed by atoms with Crippen molar-refractivity contribution in [1.82, 2.24) is 0 Å². The molecule has 1 aliphatic carbocycles. The average Bonchev–Trinajstić information content (AvgIpc) is 3.03. The monoisotopic (exact) mass is 524 g/mol. The SMILES string of the molecule is CCc1cccc(CC)c1C12OOC(c3c(CC)cccc3CC)(c3ccccc31)c1cc3ccccc3cc12. The summed E-state index contributed by atoms with van der Waals surface area (Å²) in [6.07, 6.45) is 3.68. The summed E-state index contributed by atoms with van der Waals surface area (Å²) in [5, 5.41) is 2.44. The zero-order chi connectivity index (χ0) is 27.5. The Morgan fingerprint density at radius 2 is 0.775 bits per heavy atom. The van der Waals surface area contributed by atoms with Gasteiger partial charge in [0.05, 0.1) is 0 Å². The van der Waals surface area contributed by atoms with Crippen molar-refractivity contribution < 1.29 is 9.78 Å². The second-order valence-electron chi connectivity index (χ2n) is 11.1. The lowest BCUT2D eigenvalue weighted by molar-refractivity contribution is -0.410. The second-order valence-corrected chi connectivity index (χ2v) is 11.1. The van der Waals surface area contributed by atoms with Crippen LogP contribution in [0, 0.1) is 0 Å². The maximum absolute atomic E-state index is 6.99. The van der Waals surface area contributed by atoms with Crippen LogP contribution in [0.15, 0.2) is 97.1 Å². The molecule has 0 spiro atoms. The third-order valence-corrected chi connectivity index (χ3v) is 9.32. The molecule has 0 radical (unpaired) electrons. The fourth-order valence-electron chi connectivity index (χ4n) is 7.53. The lowest BCUT2D eigenvalue weighted by Crippen LogP contribution is -2.54. The van der Waals surface area contributed by atoms with Crippen LogP contribution in [0.2, 0.25) is 0 Å². The minimum atomic E-state index is -0.858. The van der Waals surface area contributed by atoms with Gasteiger partial charge in [0, 0.05) is 33.4 Å². The predicted molar refractivity (Wildman–Crippen MR) is 163 cm³/mol. The molecule has 2 heteroatoms. The van der Waals surface area contributed by atoms with Crippen molar-refractivity contribution in [3.05, 3.63) is 153 Å². The van der Waals surface area contributed by atoms with Gasteiger partial charge in [-0.05, 0) is 70.8 Å². The van der Waals surface area contributed by atoms with E-state index in [9.17, 15) is 0 Å². The zero-order valence-corrected chi connectivity index (χ0v) is 23.9. The molecule has 3 aliphatic rings. The molecule has 40 heavy (non-hydrogen) atoms. The van der Waals surface area contributed by atoms with Gasteiger partial charge in [-0.25, -0.2) is 9.78 Å². The van der Waals surface area contributed by atoms with E-state index in [0.29, 0.717) is 0 Å². The third kappa shape index (κ3) is 3.18. The lowest BCUT2D eigenvalue weighted by Gasteiger charge is -2.55. The van der Waals surface area contributed by atoms with E-state index in [-0.39, 0.29) is 0 Å². The van der Waals surface area contributed by atoms with E-state index in [1.54, 1.807) is 0 Å². The Balaban J connectivity index is 1.71. The van der Waals surface area contributed by atoms with E-state index < -0.39 is 11.2 Å². The molecule has 2 atom stereocenters. The van der Waals surface area contributed by atoms with E-state index >= 15 is 0 Å². The Kier molecular flexibility index (Phi) is 5.96. The summed E-state index contributed by atoms with van der Waals surface area (Å²) in [7, 11) is 0. The lowest BCUT2D eigenvalue weighted by atomic mass is 9.60. The molecule has 0 saturated heterocycles. The van der Waals surface area contributed by atoms with Gasteiger partial charge in [0.15, 0.2) is 11.2 Å². The van der Waals surface area contributed by atoms with Crippen LogP contribution in [0.4, 0.5) is 0 Å². The van der Waals surface area contributed by atoms with Crippen molar-refractivity contribution in [2.45, 2.75) is 64.6 Å². The van der Waals surface area contributed by atoms with Crippen molar-refractivity contribution in [3.63, 3.8) is 0 Å². The second kappa shape index (κ2) is 9.44. The molecular formula is C38H36O2. The van der Waals surface area contributed by atoms with Gasteiger partial charge in [0.2, 0.25) is 0 Å². The topological polar surface area (TPSA) is 18.5 Å².